The summed E-state index contributed by atoms with van der Waals surface area (Å²) in [5.74, 6) is 0.189. The van der Waals surface area contributed by atoms with E-state index in [9.17, 15) is 13.2 Å². The molecule has 2 rings (SSSR count). The van der Waals surface area contributed by atoms with Gasteiger partial charge in [-0.1, -0.05) is 0 Å². The van der Waals surface area contributed by atoms with Gasteiger partial charge in [0.2, 0.25) is 0 Å². The average molecular weight is 289 g/mol. The van der Waals surface area contributed by atoms with Gasteiger partial charge in [0.15, 0.2) is 0 Å². The van der Waals surface area contributed by atoms with E-state index in [0.29, 0.717) is 6.54 Å². The summed E-state index contributed by atoms with van der Waals surface area (Å²) < 4.78 is 49.4. The van der Waals surface area contributed by atoms with Gasteiger partial charge in [0.1, 0.15) is 5.75 Å². The van der Waals surface area contributed by atoms with Crippen molar-refractivity contribution in [2.45, 2.75) is 38.1 Å². The molecule has 1 aromatic carbocycles. The van der Waals surface area contributed by atoms with Crippen molar-refractivity contribution in [1.82, 2.24) is 0 Å². The molecule has 0 amide bonds. The normalized spacial score (nSPS) is 22.9. The molecule has 0 radical (unpaired) electrons. The molecule has 0 spiro atoms. The highest BCUT2D eigenvalue weighted by Gasteiger charge is 2.34. The van der Waals surface area contributed by atoms with Crippen LogP contribution in [0.1, 0.15) is 25.3 Å². The summed E-state index contributed by atoms with van der Waals surface area (Å²) in [4.78, 5) is 0. The summed E-state index contributed by atoms with van der Waals surface area (Å²) >= 11 is 0. The van der Waals surface area contributed by atoms with E-state index in [2.05, 4.69) is 5.32 Å². The van der Waals surface area contributed by atoms with Gasteiger partial charge in [-0.3, -0.25) is 0 Å². The Kier molecular flexibility index (Phi) is 4.42. The number of rotatable bonds is 4. The third-order valence-electron chi connectivity index (χ3n) is 3.37. The molecule has 0 saturated carbocycles. The third kappa shape index (κ3) is 3.56. The smallest absolute Gasteiger partial charge is 0.418 e. The summed E-state index contributed by atoms with van der Waals surface area (Å²) in [7, 11) is 1.34. The van der Waals surface area contributed by atoms with Gasteiger partial charge in [0, 0.05) is 12.2 Å². The van der Waals surface area contributed by atoms with Crippen LogP contribution in [0.4, 0.5) is 18.9 Å². The van der Waals surface area contributed by atoms with Gasteiger partial charge in [0.25, 0.3) is 0 Å². The third-order valence-corrected chi connectivity index (χ3v) is 3.37. The molecule has 1 N–H and O–H groups in total. The molecular formula is C14H18F3NO2. The SMILES string of the molecule is COc1ccc(NCC2CCC(C)O2)c(C(F)(F)F)c1. The van der Waals surface area contributed by atoms with Crippen LogP contribution in [0.25, 0.3) is 0 Å². The fourth-order valence-corrected chi connectivity index (χ4v) is 2.30. The molecule has 1 saturated heterocycles. The minimum Gasteiger partial charge on any atom is -0.497 e. The summed E-state index contributed by atoms with van der Waals surface area (Å²) in [6.07, 6.45) is -2.46. The zero-order chi connectivity index (χ0) is 14.8. The van der Waals surface area contributed by atoms with Gasteiger partial charge in [-0.15, -0.1) is 0 Å². The maximum Gasteiger partial charge on any atom is 0.418 e. The molecule has 1 aliphatic heterocycles. The van der Waals surface area contributed by atoms with E-state index in [4.69, 9.17) is 9.47 Å². The van der Waals surface area contributed by atoms with Crippen molar-refractivity contribution in [3.05, 3.63) is 23.8 Å². The number of benzene rings is 1. The minimum atomic E-state index is -4.42. The van der Waals surface area contributed by atoms with Crippen LogP contribution in [0.15, 0.2) is 18.2 Å². The molecular weight excluding hydrogens is 271 g/mol. The van der Waals surface area contributed by atoms with E-state index in [1.165, 1.54) is 19.2 Å². The number of alkyl halides is 3. The van der Waals surface area contributed by atoms with Crippen LogP contribution in [-0.4, -0.2) is 25.9 Å². The second-order valence-electron chi connectivity index (χ2n) is 4.94. The van der Waals surface area contributed by atoms with Crippen LogP contribution in [0.3, 0.4) is 0 Å². The van der Waals surface area contributed by atoms with Crippen LogP contribution in [-0.2, 0) is 10.9 Å². The highest BCUT2D eigenvalue weighted by Crippen LogP contribution is 2.37. The topological polar surface area (TPSA) is 30.5 Å². The summed E-state index contributed by atoms with van der Waals surface area (Å²) in [6, 6.07) is 3.90. The molecule has 3 nitrogen and oxygen atoms in total. The quantitative estimate of drug-likeness (QED) is 0.917. The van der Waals surface area contributed by atoms with Gasteiger partial charge in [-0.25, -0.2) is 0 Å². The van der Waals surface area contributed by atoms with Crippen LogP contribution in [0.2, 0.25) is 0 Å². The van der Waals surface area contributed by atoms with Crippen molar-refractivity contribution >= 4 is 5.69 Å². The van der Waals surface area contributed by atoms with Crippen molar-refractivity contribution in [3.8, 4) is 5.75 Å². The largest absolute Gasteiger partial charge is 0.497 e. The number of methoxy groups -OCH3 is 1. The van der Waals surface area contributed by atoms with Crippen molar-refractivity contribution in [1.29, 1.82) is 0 Å². The molecule has 1 fully saturated rings. The Bertz CT molecular complexity index is 462. The van der Waals surface area contributed by atoms with E-state index in [0.717, 1.165) is 18.9 Å². The number of halogens is 3. The molecule has 2 unspecified atom stereocenters. The molecule has 0 aliphatic carbocycles. The Morgan fingerprint density at radius 2 is 2.10 bits per heavy atom. The standard InChI is InChI=1S/C14H18F3NO2/c1-9-3-4-11(20-9)8-18-13-6-5-10(19-2)7-12(13)14(15,16)17/h5-7,9,11,18H,3-4,8H2,1-2H3. The molecule has 112 valence electrons. The van der Waals surface area contributed by atoms with E-state index in [1.54, 1.807) is 0 Å². The van der Waals surface area contributed by atoms with E-state index < -0.39 is 11.7 Å². The first-order valence-corrected chi connectivity index (χ1v) is 6.54. The molecule has 1 aliphatic rings. The first kappa shape index (κ1) is 15.0. The fourth-order valence-electron chi connectivity index (χ4n) is 2.30. The Balaban J connectivity index is 2.10. The van der Waals surface area contributed by atoms with Crippen molar-refractivity contribution < 1.29 is 22.6 Å². The highest BCUT2D eigenvalue weighted by molar-refractivity contribution is 5.55. The molecule has 20 heavy (non-hydrogen) atoms. The average Bonchev–Trinajstić information content (AvgIpc) is 2.81. The lowest BCUT2D eigenvalue weighted by atomic mass is 10.1. The number of hydrogen-bond acceptors (Lipinski definition) is 3. The van der Waals surface area contributed by atoms with Gasteiger partial charge in [-0.05, 0) is 38.0 Å². The number of nitrogens with one attached hydrogen (secondary N) is 1. The number of ether oxygens (including phenoxy) is 2. The van der Waals surface area contributed by atoms with Crippen LogP contribution < -0.4 is 10.1 Å². The van der Waals surface area contributed by atoms with Crippen molar-refractivity contribution in [2.75, 3.05) is 19.0 Å². The second kappa shape index (κ2) is 5.91. The Morgan fingerprint density at radius 1 is 1.35 bits per heavy atom. The van der Waals surface area contributed by atoms with Crippen LogP contribution in [0, 0.1) is 0 Å². The number of anilines is 1. The van der Waals surface area contributed by atoms with Gasteiger partial charge < -0.3 is 14.8 Å². The Labute approximate surface area is 116 Å². The first-order chi connectivity index (χ1) is 9.40. The van der Waals surface area contributed by atoms with E-state index >= 15 is 0 Å². The van der Waals surface area contributed by atoms with Gasteiger partial charge in [0.05, 0.1) is 24.9 Å². The van der Waals surface area contributed by atoms with Crippen molar-refractivity contribution in [2.24, 2.45) is 0 Å². The summed E-state index contributed by atoms with van der Waals surface area (Å²) in [5, 5.41) is 2.83. The molecule has 6 heteroatoms. The monoisotopic (exact) mass is 289 g/mol. The maximum absolute atomic E-state index is 13.0. The zero-order valence-corrected chi connectivity index (χ0v) is 11.5. The minimum absolute atomic E-state index is 0.0341. The lowest BCUT2D eigenvalue weighted by Crippen LogP contribution is -2.21. The Hall–Kier alpha value is -1.43. The molecule has 2 atom stereocenters. The molecule has 1 aromatic rings. The predicted octanol–water partition coefficient (Wildman–Crippen LogP) is 3.69. The first-order valence-electron chi connectivity index (χ1n) is 6.54. The second-order valence-corrected chi connectivity index (χ2v) is 4.94. The van der Waals surface area contributed by atoms with E-state index in [1.807, 2.05) is 6.92 Å². The van der Waals surface area contributed by atoms with Crippen LogP contribution >= 0.6 is 0 Å². The lowest BCUT2D eigenvalue weighted by Gasteiger charge is -2.18. The summed E-state index contributed by atoms with van der Waals surface area (Å²) in [6.45, 7) is 2.34. The molecule has 0 aromatic heterocycles. The highest BCUT2D eigenvalue weighted by atomic mass is 19.4. The van der Waals surface area contributed by atoms with Gasteiger partial charge >= 0.3 is 6.18 Å². The number of hydrogen-bond donors (Lipinski definition) is 1. The van der Waals surface area contributed by atoms with E-state index in [-0.39, 0.29) is 23.6 Å². The van der Waals surface area contributed by atoms with Crippen LogP contribution in [0.5, 0.6) is 5.75 Å². The fraction of sp³-hybridized carbons (Fsp3) is 0.571. The molecule has 1 heterocycles. The summed E-state index contributed by atoms with van der Waals surface area (Å²) in [5.41, 5.74) is -0.663. The van der Waals surface area contributed by atoms with Gasteiger partial charge in [-0.2, -0.15) is 13.2 Å². The lowest BCUT2D eigenvalue weighted by molar-refractivity contribution is -0.137. The zero-order valence-electron chi connectivity index (χ0n) is 11.5. The molecule has 0 bridgehead atoms. The maximum atomic E-state index is 13.0. The Morgan fingerprint density at radius 3 is 2.65 bits per heavy atom. The van der Waals surface area contributed by atoms with Crippen molar-refractivity contribution in [3.63, 3.8) is 0 Å². The predicted molar refractivity (Wildman–Crippen MR) is 70.1 cm³/mol.